The zero-order valence-electron chi connectivity index (χ0n) is 12.9. The third-order valence-electron chi connectivity index (χ3n) is 3.50. The molecule has 0 aliphatic heterocycles. The monoisotopic (exact) mass is 291 g/mol. The molecule has 0 fully saturated rings. The highest BCUT2D eigenvalue weighted by Crippen LogP contribution is 2.26. The maximum atomic E-state index is 11.9. The van der Waals surface area contributed by atoms with Crippen LogP contribution >= 0.6 is 0 Å². The Hall–Kier alpha value is -2.75. The summed E-state index contributed by atoms with van der Waals surface area (Å²) in [4.78, 5) is 11.9. The van der Waals surface area contributed by atoms with Gasteiger partial charge >= 0.3 is 0 Å². The standard InChI is InChI=1S/C18H17N3O/c1-12-9-13(2)11-16(10-12)21-18(15-7-5-4-6-8-15)17(14(3)22)19-20-21/h4-11H,1-3H3. The summed E-state index contributed by atoms with van der Waals surface area (Å²) in [5.74, 6) is -0.0884. The number of aryl methyl sites for hydroxylation is 2. The molecule has 0 aliphatic carbocycles. The lowest BCUT2D eigenvalue weighted by molar-refractivity contribution is 0.101. The van der Waals surface area contributed by atoms with E-state index in [1.54, 1.807) is 4.68 Å². The van der Waals surface area contributed by atoms with Gasteiger partial charge in [0, 0.05) is 12.5 Å². The third-order valence-corrected chi connectivity index (χ3v) is 3.50. The Bertz CT molecular complexity index is 815. The van der Waals surface area contributed by atoms with E-state index in [0.29, 0.717) is 5.69 Å². The zero-order valence-corrected chi connectivity index (χ0v) is 12.9. The number of benzene rings is 2. The van der Waals surface area contributed by atoms with Crippen molar-refractivity contribution in [1.29, 1.82) is 0 Å². The molecule has 4 nitrogen and oxygen atoms in total. The Morgan fingerprint density at radius 1 is 1.00 bits per heavy atom. The van der Waals surface area contributed by atoms with E-state index < -0.39 is 0 Å². The Morgan fingerprint density at radius 2 is 1.64 bits per heavy atom. The molecule has 4 heteroatoms. The number of aromatic nitrogens is 3. The maximum absolute atomic E-state index is 11.9. The lowest BCUT2D eigenvalue weighted by Gasteiger charge is -2.09. The quantitative estimate of drug-likeness (QED) is 0.690. The van der Waals surface area contributed by atoms with Crippen LogP contribution in [-0.2, 0) is 0 Å². The molecule has 0 aliphatic rings. The van der Waals surface area contributed by atoms with E-state index in [-0.39, 0.29) is 5.78 Å². The zero-order chi connectivity index (χ0) is 15.7. The van der Waals surface area contributed by atoms with Gasteiger partial charge in [0.25, 0.3) is 0 Å². The molecule has 1 aromatic heterocycles. The van der Waals surface area contributed by atoms with Crippen LogP contribution in [0.5, 0.6) is 0 Å². The van der Waals surface area contributed by atoms with Gasteiger partial charge in [-0.25, -0.2) is 4.68 Å². The van der Waals surface area contributed by atoms with Crippen molar-refractivity contribution in [1.82, 2.24) is 15.0 Å². The van der Waals surface area contributed by atoms with Gasteiger partial charge in [0.05, 0.1) is 5.69 Å². The number of carbonyl (C=O) groups excluding carboxylic acids is 1. The van der Waals surface area contributed by atoms with Crippen molar-refractivity contribution in [3.05, 3.63) is 65.4 Å². The van der Waals surface area contributed by atoms with Crippen molar-refractivity contribution in [2.24, 2.45) is 0 Å². The number of hydrogen-bond donors (Lipinski definition) is 0. The van der Waals surface area contributed by atoms with E-state index >= 15 is 0 Å². The normalized spacial score (nSPS) is 10.7. The number of hydrogen-bond acceptors (Lipinski definition) is 3. The Labute approximate surface area is 129 Å². The van der Waals surface area contributed by atoms with E-state index in [1.165, 1.54) is 6.92 Å². The van der Waals surface area contributed by atoms with E-state index in [9.17, 15) is 4.79 Å². The second-order valence-electron chi connectivity index (χ2n) is 5.47. The molecule has 0 unspecified atom stereocenters. The average molecular weight is 291 g/mol. The summed E-state index contributed by atoms with van der Waals surface area (Å²) in [7, 11) is 0. The minimum Gasteiger partial charge on any atom is -0.293 e. The van der Waals surface area contributed by atoms with Crippen LogP contribution in [0.1, 0.15) is 28.5 Å². The summed E-state index contributed by atoms with van der Waals surface area (Å²) in [5.41, 5.74) is 5.26. The van der Waals surface area contributed by atoms with Gasteiger partial charge in [0.2, 0.25) is 0 Å². The Kier molecular flexibility index (Phi) is 3.59. The molecular weight excluding hydrogens is 274 g/mol. The van der Waals surface area contributed by atoms with Crippen molar-refractivity contribution < 1.29 is 4.79 Å². The molecule has 0 saturated carbocycles. The fourth-order valence-corrected chi connectivity index (χ4v) is 2.63. The fraction of sp³-hybridized carbons (Fsp3) is 0.167. The molecule has 0 N–H and O–H groups in total. The highest BCUT2D eigenvalue weighted by molar-refractivity contribution is 5.98. The fourth-order valence-electron chi connectivity index (χ4n) is 2.63. The van der Waals surface area contributed by atoms with Crippen LogP contribution in [-0.4, -0.2) is 20.8 Å². The second kappa shape index (κ2) is 5.56. The van der Waals surface area contributed by atoms with Crippen molar-refractivity contribution in [2.45, 2.75) is 20.8 Å². The highest BCUT2D eigenvalue weighted by Gasteiger charge is 2.19. The van der Waals surface area contributed by atoms with Crippen molar-refractivity contribution in [2.75, 3.05) is 0 Å². The molecule has 3 aromatic rings. The first-order chi connectivity index (χ1) is 10.6. The predicted octanol–water partition coefficient (Wildman–Crippen LogP) is 3.75. The molecule has 110 valence electrons. The molecular formula is C18H17N3O. The minimum absolute atomic E-state index is 0.0884. The van der Waals surface area contributed by atoms with Gasteiger partial charge in [-0.15, -0.1) is 5.10 Å². The molecule has 0 amide bonds. The maximum Gasteiger partial charge on any atom is 0.182 e. The van der Waals surface area contributed by atoms with E-state index in [4.69, 9.17) is 0 Å². The van der Waals surface area contributed by atoms with Crippen molar-refractivity contribution >= 4 is 5.78 Å². The van der Waals surface area contributed by atoms with Crippen LogP contribution in [0.4, 0.5) is 0 Å². The number of carbonyl (C=O) groups is 1. The van der Waals surface area contributed by atoms with Crippen LogP contribution in [0, 0.1) is 13.8 Å². The van der Waals surface area contributed by atoms with Crippen LogP contribution in [0.25, 0.3) is 16.9 Å². The van der Waals surface area contributed by atoms with Gasteiger partial charge in [0.15, 0.2) is 11.5 Å². The molecule has 0 spiro atoms. The van der Waals surface area contributed by atoms with Crippen LogP contribution in [0.3, 0.4) is 0 Å². The van der Waals surface area contributed by atoms with Gasteiger partial charge < -0.3 is 0 Å². The minimum atomic E-state index is -0.0884. The van der Waals surface area contributed by atoms with E-state index in [2.05, 4.69) is 16.4 Å². The Morgan fingerprint density at radius 3 is 2.23 bits per heavy atom. The number of ketones is 1. The molecule has 0 bridgehead atoms. The summed E-state index contributed by atoms with van der Waals surface area (Å²) in [6.45, 7) is 5.60. The van der Waals surface area contributed by atoms with E-state index in [0.717, 1.165) is 28.1 Å². The summed E-state index contributed by atoms with van der Waals surface area (Å²) < 4.78 is 1.74. The molecule has 3 rings (SSSR count). The van der Waals surface area contributed by atoms with E-state index in [1.807, 2.05) is 56.3 Å². The molecule has 2 aromatic carbocycles. The largest absolute Gasteiger partial charge is 0.293 e. The second-order valence-corrected chi connectivity index (χ2v) is 5.47. The van der Waals surface area contributed by atoms with Gasteiger partial charge in [-0.05, 0) is 37.1 Å². The summed E-state index contributed by atoms with van der Waals surface area (Å²) in [5, 5.41) is 8.30. The van der Waals surface area contributed by atoms with Crippen LogP contribution in [0.15, 0.2) is 48.5 Å². The molecule has 0 saturated heterocycles. The predicted molar refractivity (Wildman–Crippen MR) is 86.3 cm³/mol. The Balaban J connectivity index is 2.27. The summed E-state index contributed by atoms with van der Waals surface area (Å²) in [6, 6.07) is 15.9. The SMILES string of the molecule is CC(=O)c1nnn(-c2cc(C)cc(C)c2)c1-c1ccccc1. The summed E-state index contributed by atoms with van der Waals surface area (Å²) >= 11 is 0. The first-order valence-electron chi connectivity index (χ1n) is 7.17. The molecule has 1 heterocycles. The number of Topliss-reactive ketones (excluding diaryl/α,β-unsaturated/α-hetero) is 1. The lowest BCUT2D eigenvalue weighted by Crippen LogP contribution is -2.02. The molecule has 0 atom stereocenters. The number of nitrogens with zero attached hydrogens (tertiary/aromatic N) is 3. The molecule has 0 radical (unpaired) electrons. The van der Waals surface area contributed by atoms with Gasteiger partial charge in [-0.3, -0.25) is 4.79 Å². The lowest BCUT2D eigenvalue weighted by atomic mass is 10.1. The van der Waals surface area contributed by atoms with Gasteiger partial charge in [-0.1, -0.05) is 41.6 Å². The average Bonchev–Trinajstić information content (AvgIpc) is 2.92. The van der Waals surface area contributed by atoms with Crippen LogP contribution in [0.2, 0.25) is 0 Å². The van der Waals surface area contributed by atoms with Gasteiger partial charge in [0.1, 0.15) is 5.69 Å². The first kappa shape index (κ1) is 14.2. The third kappa shape index (κ3) is 2.55. The van der Waals surface area contributed by atoms with Crippen molar-refractivity contribution in [3.63, 3.8) is 0 Å². The summed E-state index contributed by atoms with van der Waals surface area (Å²) in [6.07, 6.45) is 0. The topological polar surface area (TPSA) is 47.8 Å². The highest BCUT2D eigenvalue weighted by atomic mass is 16.1. The molecule has 22 heavy (non-hydrogen) atoms. The van der Waals surface area contributed by atoms with Crippen LogP contribution < -0.4 is 0 Å². The number of rotatable bonds is 3. The van der Waals surface area contributed by atoms with Gasteiger partial charge in [-0.2, -0.15) is 0 Å². The van der Waals surface area contributed by atoms with Crippen molar-refractivity contribution in [3.8, 4) is 16.9 Å². The smallest absolute Gasteiger partial charge is 0.182 e. The first-order valence-corrected chi connectivity index (χ1v) is 7.17.